The third-order valence-corrected chi connectivity index (χ3v) is 4.52. The lowest BCUT2D eigenvalue weighted by Crippen LogP contribution is -2.34. The van der Waals surface area contributed by atoms with Gasteiger partial charge in [-0.05, 0) is 41.9 Å². The minimum absolute atomic E-state index is 0.645. The van der Waals surface area contributed by atoms with E-state index < -0.39 is 0 Å². The number of halogens is 1. The van der Waals surface area contributed by atoms with Gasteiger partial charge in [0.25, 0.3) is 0 Å². The van der Waals surface area contributed by atoms with Gasteiger partial charge in [-0.3, -0.25) is 4.79 Å². The molecule has 2 aromatic carbocycles. The van der Waals surface area contributed by atoms with E-state index >= 15 is 0 Å². The van der Waals surface area contributed by atoms with Crippen LogP contribution in [0.5, 0.6) is 0 Å². The van der Waals surface area contributed by atoms with Crippen LogP contribution in [0.2, 0.25) is 5.02 Å². The third kappa shape index (κ3) is 5.36. The zero-order chi connectivity index (χ0) is 17.4. The van der Waals surface area contributed by atoms with Gasteiger partial charge in [0.1, 0.15) is 0 Å². The quantitative estimate of drug-likeness (QED) is 0.633. The van der Waals surface area contributed by atoms with Crippen LogP contribution in [0.15, 0.2) is 48.5 Å². The summed E-state index contributed by atoms with van der Waals surface area (Å²) in [7, 11) is 0. The summed E-state index contributed by atoms with van der Waals surface area (Å²) in [5, 5.41) is 0.741. The first-order valence-corrected chi connectivity index (χ1v) is 8.80. The van der Waals surface area contributed by atoms with Crippen LogP contribution in [0.3, 0.4) is 0 Å². The molecule has 0 aliphatic carbocycles. The number of carbonyl (C=O) groups excluding carboxylic acids is 1. The highest BCUT2D eigenvalue weighted by Gasteiger charge is 2.06. The number of hydrogen-bond acceptors (Lipinski definition) is 2. The first-order valence-electron chi connectivity index (χ1n) is 8.42. The van der Waals surface area contributed by atoms with E-state index in [1.807, 2.05) is 29.2 Å². The molecule has 0 aromatic heterocycles. The van der Waals surface area contributed by atoms with Crippen LogP contribution in [-0.4, -0.2) is 42.4 Å². The molecule has 2 aromatic rings. The number of carbonyl (C=O) groups is 1. The van der Waals surface area contributed by atoms with E-state index in [1.54, 1.807) is 0 Å². The molecule has 0 spiro atoms. The summed E-state index contributed by atoms with van der Waals surface area (Å²) in [6, 6.07) is 16.2. The molecule has 0 bridgehead atoms. The first-order chi connectivity index (χ1) is 11.7. The van der Waals surface area contributed by atoms with E-state index in [4.69, 9.17) is 11.6 Å². The molecule has 4 heteroatoms. The van der Waals surface area contributed by atoms with Crippen LogP contribution in [0.1, 0.15) is 19.4 Å². The number of nitrogens with zero attached hydrogens (tertiary/aromatic N) is 2. The molecule has 0 saturated carbocycles. The molecule has 0 heterocycles. The minimum Gasteiger partial charge on any atom is -0.340 e. The fourth-order valence-corrected chi connectivity index (χ4v) is 2.78. The Balaban J connectivity index is 1.96. The summed E-state index contributed by atoms with van der Waals surface area (Å²) in [5.74, 6) is 0. The van der Waals surface area contributed by atoms with Crippen molar-refractivity contribution in [3.05, 3.63) is 59.1 Å². The zero-order valence-corrected chi connectivity index (χ0v) is 15.2. The highest BCUT2D eigenvalue weighted by molar-refractivity contribution is 6.30. The van der Waals surface area contributed by atoms with Gasteiger partial charge in [-0.2, -0.15) is 0 Å². The molecular weight excluding hydrogens is 320 g/mol. The number of amides is 1. The van der Waals surface area contributed by atoms with Gasteiger partial charge < -0.3 is 9.80 Å². The van der Waals surface area contributed by atoms with E-state index in [2.05, 4.69) is 43.0 Å². The van der Waals surface area contributed by atoms with E-state index in [9.17, 15) is 4.79 Å². The van der Waals surface area contributed by atoms with Crippen LogP contribution >= 0.6 is 11.6 Å². The Hall–Kier alpha value is -1.84. The Bertz CT molecular complexity index is 621. The Morgan fingerprint density at radius 1 is 0.875 bits per heavy atom. The number of benzene rings is 2. The predicted molar refractivity (Wildman–Crippen MR) is 101 cm³/mol. The smallest absolute Gasteiger partial charge is 0.210 e. The standard InChI is InChI=1S/C20H25ClN2O/c1-3-22(4-2)13-14-23(16-24)15-17-5-7-18(8-6-17)19-9-11-20(21)12-10-19/h5-12,16H,3-4,13-15H2,1-2H3. The number of likely N-dealkylation sites (N-methyl/N-ethyl adjacent to an activating group) is 1. The predicted octanol–water partition coefficient (Wildman–Crippen LogP) is 4.31. The Kier molecular flexibility index (Phi) is 7.29. The largest absolute Gasteiger partial charge is 0.340 e. The maximum atomic E-state index is 11.3. The molecule has 0 saturated heterocycles. The average molecular weight is 345 g/mol. The van der Waals surface area contributed by atoms with Gasteiger partial charge in [-0.15, -0.1) is 0 Å². The van der Waals surface area contributed by atoms with E-state index in [1.165, 1.54) is 0 Å². The fourth-order valence-electron chi connectivity index (χ4n) is 2.66. The van der Waals surface area contributed by atoms with Crippen molar-refractivity contribution >= 4 is 18.0 Å². The van der Waals surface area contributed by atoms with Crippen molar-refractivity contribution in [1.29, 1.82) is 0 Å². The zero-order valence-electron chi connectivity index (χ0n) is 14.4. The van der Waals surface area contributed by atoms with Crippen LogP contribution in [0.25, 0.3) is 11.1 Å². The number of hydrogen-bond donors (Lipinski definition) is 0. The van der Waals surface area contributed by atoms with Gasteiger partial charge in [0, 0.05) is 24.7 Å². The minimum atomic E-state index is 0.645. The van der Waals surface area contributed by atoms with Crippen molar-refractivity contribution in [2.45, 2.75) is 20.4 Å². The maximum Gasteiger partial charge on any atom is 0.210 e. The fraction of sp³-hybridized carbons (Fsp3) is 0.350. The molecule has 0 aliphatic rings. The molecule has 0 unspecified atom stereocenters. The van der Waals surface area contributed by atoms with Gasteiger partial charge in [-0.25, -0.2) is 0 Å². The molecule has 0 atom stereocenters. The highest BCUT2D eigenvalue weighted by atomic mass is 35.5. The lowest BCUT2D eigenvalue weighted by atomic mass is 10.0. The topological polar surface area (TPSA) is 23.6 Å². The van der Waals surface area contributed by atoms with Gasteiger partial charge in [0.05, 0.1) is 0 Å². The summed E-state index contributed by atoms with van der Waals surface area (Å²) < 4.78 is 0. The Morgan fingerprint density at radius 2 is 1.42 bits per heavy atom. The van der Waals surface area contributed by atoms with Crippen molar-refractivity contribution < 1.29 is 4.79 Å². The van der Waals surface area contributed by atoms with E-state index in [-0.39, 0.29) is 0 Å². The van der Waals surface area contributed by atoms with Gasteiger partial charge in [0.15, 0.2) is 0 Å². The summed E-state index contributed by atoms with van der Waals surface area (Å²) in [4.78, 5) is 15.5. The Morgan fingerprint density at radius 3 is 1.92 bits per heavy atom. The molecule has 24 heavy (non-hydrogen) atoms. The van der Waals surface area contributed by atoms with Crippen molar-refractivity contribution in [3.63, 3.8) is 0 Å². The third-order valence-electron chi connectivity index (χ3n) is 4.26. The SMILES string of the molecule is CCN(CC)CCN(C=O)Cc1ccc(-c2ccc(Cl)cc2)cc1. The molecule has 128 valence electrons. The lowest BCUT2D eigenvalue weighted by Gasteiger charge is -2.23. The Labute approximate surface area is 149 Å². The van der Waals surface area contributed by atoms with Crippen LogP contribution in [-0.2, 0) is 11.3 Å². The molecular formula is C20H25ClN2O. The van der Waals surface area contributed by atoms with E-state index in [0.29, 0.717) is 6.54 Å². The normalized spacial score (nSPS) is 10.8. The molecule has 0 radical (unpaired) electrons. The van der Waals surface area contributed by atoms with Crippen molar-refractivity contribution in [1.82, 2.24) is 9.80 Å². The summed E-state index contributed by atoms with van der Waals surface area (Å²) in [6.45, 7) is 8.62. The summed E-state index contributed by atoms with van der Waals surface area (Å²) >= 11 is 5.93. The van der Waals surface area contributed by atoms with Crippen LogP contribution < -0.4 is 0 Å². The average Bonchev–Trinajstić information content (AvgIpc) is 2.63. The van der Waals surface area contributed by atoms with Crippen molar-refractivity contribution in [2.24, 2.45) is 0 Å². The molecule has 0 N–H and O–H groups in total. The summed E-state index contributed by atoms with van der Waals surface area (Å²) in [6.07, 6.45) is 0.941. The van der Waals surface area contributed by atoms with E-state index in [0.717, 1.165) is 54.3 Å². The van der Waals surface area contributed by atoms with Gasteiger partial charge in [0.2, 0.25) is 6.41 Å². The summed E-state index contributed by atoms with van der Waals surface area (Å²) in [5.41, 5.74) is 3.43. The van der Waals surface area contributed by atoms with Crippen LogP contribution in [0, 0.1) is 0 Å². The molecule has 0 aliphatic heterocycles. The maximum absolute atomic E-state index is 11.3. The molecule has 2 rings (SSSR count). The van der Waals surface area contributed by atoms with Crippen molar-refractivity contribution in [2.75, 3.05) is 26.2 Å². The van der Waals surface area contributed by atoms with Crippen molar-refractivity contribution in [3.8, 4) is 11.1 Å². The van der Waals surface area contributed by atoms with Gasteiger partial charge in [-0.1, -0.05) is 61.8 Å². The highest BCUT2D eigenvalue weighted by Crippen LogP contribution is 2.22. The second-order valence-corrected chi connectivity index (χ2v) is 6.24. The molecule has 1 amide bonds. The second-order valence-electron chi connectivity index (χ2n) is 5.81. The monoisotopic (exact) mass is 344 g/mol. The second kappa shape index (κ2) is 9.45. The molecule has 3 nitrogen and oxygen atoms in total. The lowest BCUT2D eigenvalue weighted by molar-refractivity contribution is -0.118. The van der Waals surface area contributed by atoms with Crippen LogP contribution in [0.4, 0.5) is 0 Å². The van der Waals surface area contributed by atoms with Gasteiger partial charge >= 0.3 is 0 Å². The molecule has 0 fully saturated rings. The number of rotatable bonds is 9. The first kappa shape index (κ1) is 18.5.